The maximum atomic E-state index is 14.1. The molecular formula is C30H35Cl2N3O5S. The number of para-hydroxylation sites is 2. The van der Waals surface area contributed by atoms with E-state index in [0.29, 0.717) is 22.2 Å². The van der Waals surface area contributed by atoms with E-state index in [-0.39, 0.29) is 34.7 Å². The number of rotatable bonds is 12. The van der Waals surface area contributed by atoms with Crippen LogP contribution in [0.3, 0.4) is 0 Å². The number of carbonyl (C=O) groups excluding carboxylic acids is 2. The Morgan fingerprint density at radius 2 is 1.54 bits per heavy atom. The van der Waals surface area contributed by atoms with E-state index in [1.165, 1.54) is 24.1 Å². The number of carbonyl (C=O) groups is 2. The van der Waals surface area contributed by atoms with Crippen molar-refractivity contribution in [2.75, 3.05) is 24.5 Å². The van der Waals surface area contributed by atoms with Crippen molar-refractivity contribution in [2.24, 2.45) is 5.92 Å². The highest BCUT2D eigenvalue weighted by atomic mass is 35.5. The molecule has 1 N–H and O–H groups in total. The normalized spacial score (nSPS) is 12.1. The number of nitrogens with zero attached hydrogens (tertiary/aromatic N) is 2. The molecule has 0 spiro atoms. The number of halogens is 2. The van der Waals surface area contributed by atoms with Gasteiger partial charge in [0.05, 0.1) is 17.7 Å². The first-order chi connectivity index (χ1) is 19.4. The minimum Gasteiger partial charge on any atom is -0.495 e. The fourth-order valence-corrected chi connectivity index (χ4v) is 6.02. The molecule has 3 aromatic carbocycles. The SMILES string of the molecule is COc1ccccc1N(CC(=O)N(Cc1c(Cl)cccc1Cl)C(C)C(=O)NCC(C)C)S(=O)(=O)c1ccc(C)cc1. The summed E-state index contributed by atoms with van der Waals surface area (Å²) in [6.45, 7) is 7.03. The summed E-state index contributed by atoms with van der Waals surface area (Å²) in [5.41, 5.74) is 1.50. The van der Waals surface area contributed by atoms with Gasteiger partial charge >= 0.3 is 0 Å². The molecule has 0 heterocycles. The Bertz CT molecular complexity index is 1460. The van der Waals surface area contributed by atoms with Gasteiger partial charge in [-0.05, 0) is 56.2 Å². The number of sulfonamides is 1. The molecule has 41 heavy (non-hydrogen) atoms. The molecule has 0 aliphatic heterocycles. The quantitative estimate of drug-likeness (QED) is 0.281. The van der Waals surface area contributed by atoms with Crippen molar-refractivity contribution in [3.05, 3.63) is 87.9 Å². The third-order valence-corrected chi connectivity index (χ3v) is 8.97. The summed E-state index contributed by atoms with van der Waals surface area (Å²) in [5.74, 6) is -0.566. The van der Waals surface area contributed by atoms with Gasteiger partial charge in [0.15, 0.2) is 0 Å². The molecule has 11 heteroatoms. The van der Waals surface area contributed by atoms with E-state index in [9.17, 15) is 18.0 Å². The first-order valence-corrected chi connectivity index (χ1v) is 15.3. The Morgan fingerprint density at radius 3 is 2.12 bits per heavy atom. The molecule has 3 aromatic rings. The number of aryl methyl sites for hydroxylation is 1. The molecule has 0 aliphatic carbocycles. The lowest BCUT2D eigenvalue weighted by molar-refractivity contribution is -0.139. The molecule has 8 nitrogen and oxygen atoms in total. The number of hydrogen-bond donors (Lipinski definition) is 1. The molecule has 1 unspecified atom stereocenters. The van der Waals surface area contributed by atoms with Gasteiger partial charge in [0.1, 0.15) is 18.3 Å². The summed E-state index contributed by atoms with van der Waals surface area (Å²) in [7, 11) is -2.81. The number of methoxy groups -OCH3 is 1. The van der Waals surface area contributed by atoms with Crippen LogP contribution >= 0.6 is 23.2 Å². The lowest BCUT2D eigenvalue weighted by atomic mass is 10.1. The van der Waals surface area contributed by atoms with Gasteiger partial charge in [0.25, 0.3) is 10.0 Å². The lowest BCUT2D eigenvalue weighted by Crippen LogP contribution is -2.51. The Morgan fingerprint density at radius 1 is 0.927 bits per heavy atom. The zero-order valence-corrected chi connectivity index (χ0v) is 26.1. The minimum absolute atomic E-state index is 0.00484. The van der Waals surface area contributed by atoms with E-state index in [1.54, 1.807) is 61.5 Å². The van der Waals surface area contributed by atoms with Crippen molar-refractivity contribution in [2.45, 2.75) is 45.2 Å². The van der Waals surface area contributed by atoms with E-state index in [2.05, 4.69) is 5.32 Å². The Hall–Kier alpha value is -3.27. The van der Waals surface area contributed by atoms with E-state index in [1.807, 2.05) is 20.8 Å². The van der Waals surface area contributed by atoms with E-state index in [0.717, 1.165) is 9.87 Å². The van der Waals surface area contributed by atoms with Crippen LogP contribution in [0.15, 0.2) is 71.6 Å². The summed E-state index contributed by atoms with van der Waals surface area (Å²) in [6, 6.07) is 16.9. The van der Waals surface area contributed by atoms with Gasteiger partial charge < -0.3 is 15.0 Å². The van der Waals surface area contributed by atoms with Gasteiger partial charge in [-0.1, -0.05) is 72.9 Å². The standard InChI is InChI=1S/C30H35Cl2N3O5S/c1-20(2)17-33-30(37)22(4)34(18-24-25(31)9-8-10-26(24)32)29(36)19-35(27-11-6-7-12-28(27)40-5)41(38,39)23-15-13-21(3)14-16-23/h6-16,20,22H,17-19H2,1-5H3,(H,33,37). The highest BCUT2D eigenvalue weighted by Crippen LogP contribution is 2.33. The summed E-state index contributed by atoms with van der Waals surface area (Å²) in [5, 5.41) is 3.48. The first kappa shape index (κ1) is 32.2. The monoisotopic (exact) mass is 619 g/mol. The summed E-state index contributed by atoms with van der Waals surface area (Å²) in [4.78, 5) is 28.5. The highest BCUT2D eigenvalue weighted by molar-refractivity contribution is 7.92. The smallest absolute Gasteiger partial charge is 0.264 e. The second-order valence-corrected chi connectivity index (χ2v) is 12.7. The van der Waals surface area contributed by atoms with E-state index in [4.69, 9.17) is 27.9 Å². The van der Waals surface area contributed by atoms with Crippen LogP contribution in [-0.4, -0.2) is 51.4 Å². The van der Waals surface area contributed by atoms with Crippen LogP contribution in [-0.2, 0) is 26.2 Å². The second-order valence-electron chi connectivity index (χ2n) is 10.0. The van der Waals surface area contributed by atoms with Crippen LogP contribution in [0.2, 0.25) is 10.0 Å². The molecule has 0 aromatic heterocycles. The van der Waals surface area contributed by atoms with E-state index >= 15 is 0 Å². The maximum absolute atomic E-state index is 14.1. The molecule has 0 saturated carbocycles. The van der Waals surface area contributed by atoms with Crippen molar-refractivity contribution in [3.8, 4) is 5.75 Å². The van der Waals surface area contributed by atoms with Gasteiger partial charge in [0, 0.05) is 28.7 Å². The molecule has 0 radical (unpaired) electrons. The number of anilines is 1. The van der Waals surface area contributed by atoms with Crippen LogP contribution in [0.5, 0.6) is 5.75 Å². The fraction of sp³-hybridized carbons (Fsp3) is 0.333. The highest BCUT2D eigenvalue weighted by Gasteiger charge is 2.34. The third-order valence-electron chi connectivity index (χ3n) is 6.48. The third kappa shape index (κ3) is 7.93. The molecule has 220 valence electrons. The van der Waals surface area contributed by atoms with Crippen LogP contribution in [0.25, 0.3) is 0 Å². The molecule has 0 bridgehead atoms. The molecule has 0 fully saturated rings. The summed E-state index contributed by atoms with van der Waals surface area (Å²) >= 11 is 12.9. The average Bonchev–Trinajstić information content (AvgIpc) is 2.94. The fourth-order valence-electron chi connectivity index (χ4n) is 4.08. The maximum Gasteiger partial charge on any atom is 0.264 e. The first-order valence-electron chi connectivity index (χ1n) is 13.1. The molecular weight excluding hydrogens is 585 g/mol. The molecule has 0 aliphatic rings. The summed E-state index contributed by atoms with van der Waals surface area (Å²) < 4.78 is 34.4. The number of amides is 2. The number of nitrogens with one attached hydrogen (secondary N) is 1. The predicted octanol–water partition coefficient (Wildman–Crippen LogP) is 5.70. The average molecular weight is 621 g/mol. The van der Waals surface area contributed by atoms with Crippen molar-refractivity contribution in [1.82, 2.24) is 10.2 Å². The van der Waals surface area contributed by atoms with Gasteiger partial charge in [-0.2, -0.15) is 0 Å². The largest absolute Gasteiger partial charge is 0.495 e. The predicted molar refractivity (Wildman–Crippen MR) is 163 cm³/mol. The number of ether oxygens (including phenoxy) is 1. The molecule has 0 saturated heterocycles. The van der Waals surface area contributed by atoms with Gasteiger partial charge in [0.2, 0.25) is 11.8 Å². The Balaban J connectivity index is 2.09. The summed E-state index contributed by atoms with van der Waals surface area (Å²) in [6.07, 6.45) is 0. The van der Waals surface area contributed by atoms with Crippen LogP contribution < -0.4 is 14.4 Å². The Kier molecular flexibility index (Phi) is 11.1. The van der Waals surface area contributed by atoms with Gasteiger partial charge in [-0.3, -0.25) is 13.9 Å². The number of hydrogen-bond acceptors (Lipinski definition) is 5. The van der Waals surface area contributed by atoms with Crippen molar-refractivity contribution in [1.29, 1.82) is 0 Å². The van der Waals surface area contributed by atoms with Crippen LogP contribution in [0, 0.1) is 12.8 Å². The second kappa shape index (κ2) is 14.1. The van der Waals surface area contributed by atoms with Crippen molar-refractivity contribution < 1.29 is 22.7 Å². The Labute approximate surface area is 252 Å². The molecule has 1 atom stereocenters. The van der Waals surface area contributed by atoms with Crippen LogP contribution in [0.4, 0.5) is 5.69 Å². The zero-order chi connectivity index (χ0) is 30.3. The van der Waals surface area contributed by atoms with Gasteiger partial charge in [-0.25, -0.2) is 8.42 Å². The van der Waals surface area contributed by atoms with Gasteiger partial charge in [-0.15, -0.1) is 0 Å². The topological polar surface area (TPSA) is 96.0 Å². The zero-order valence-electron chi connectivity index (χ0n) is 23.7. The van der Waals surface area contributed by atoms with Crippen molar-refractivity contribution >= 4 is 50.7 Å². The molecule has 3 rings (SSSR count). The molecule has 2 amide bonds. The van der Waals surface area contributed by atoms with Crippen molar-refractivity contribution in [3.63, 3.8) is 0 Å². The van der Waals surface area contributed by atoms with E-state index < -0.39 is 28.5 Å². The van der Waals surface area contributed by atoms with Crippen LogP contribution in [0.1, 0.15) is 31.9 Å². The minimum atomic E-state index is -4.24. The number of benzene rings is 3. The lowest BCUT2D eigenvalue weighted by Gasteiger charge is -2.32.